The van der Waals surface area contributed by atoms with E-state index in [1.54, 1.807) is 31.2 Å². The topological polar surface area (TPSA) is 84.5 Å². The smallest absolute Gasteiger partial charge is 0.265 e. The van der Waals surface area contributed by atoms with E-state index >= 15 is 0 Å². The van der Waals surface area contributed by atoms with Gasteiger partial charge in [-0.2, -0.15) is 0 Å². The highest BCUT2D eigenvalue weighted by atomic mass is 32.2. The van der Waals surface area contributed by atoms with E-state index in [0.29, 0.717) is 17.1 Å². The lowest BCUT2D eigenvalue weighted by Crippen LogP contribution is -2.30. The van der Waals surface area contributed by atoms with Gasteiger partial charge >= 0.3 is 0 Å². The molecule has 0 aliphatic heterocycles. The first-order valence-electron chi connectivity index (χ1n) is 9.89. The molecule has 7 heteroatoms. The number of sulfonamides is 1. The van der Waals surface area contributed by atoms with Crippen LogP contribution in [0.3, 0.4) is 0 Å². The fraction of sp³-hybridized carbons (Fsp3) is 0.208. The minimum Gasteiger partial charge on any atom is -0.481 e. The summed E-state index contributed by atoms with van der Waals surface area (Å²) >= 11 is 0. The molecular formula is C24H26N2O4S. The van der Waals surface area contributed by atoms with E-state index in [4.69, 9.17) is 4.74 Å². The average Bonchev–Trinajstić information content (AvgIpc) is 2.72. The third-order valence-electron chi connectivity index (χ3n) is 4.84. The van der Waals surface area contributed by atoms with Crippen LogP contribution in [0.15, 0.2) is 71.6 Å². The first kappa shape index (κ1) is 22.4. The van der Waals surface area contributed by atoms with Gasteiger partial charge in [-0.3, -0.25) is 9.52 Å². The Bertz CT molecular complexity index is 1190. The van der Waals surface area contributed by atoms with E-state index in [9.17, 15) is 13.2 Å². The van der Waals surface area contributed by atoms with Crippen molar-refractivity contribution in [3.63, 3.8) is 0 Å². The zero-order valence-corrected chi connectivity index (χ0v) is 18.8. The van der Waals surface area contributed by atoms with Gasteiger partial charge in [0, 0.05) is 5.69 Å². The maximum absolute atomic E-state index is 12.6. The molecule has 2 N–H and O–H groups in total. The monoisotopic (exact) mass is 438 g/mol. The van der Waals surface area contributed by atoms with E-state index in [-0.39, 0.29) is 10.8 Å². The molecule has 0 saturated heterocycles. The summed E-state index contributed by atoms with van der Waals surface area (Å²) in [7, 11) is -3.73. The van der Waals surface area contributed by atoms with Gasteiger partial charge in [-0.05, 0) is 80.8 Å². The number of carbonyl (C=O) groups is 1. The Hall–Kier alpha value is -3.32. The second kappa shape index (κ2) is 9.22. The molecule has 0 bridgehead atoms. The summed E-state index contributed by atoms with van der Waals surface area (Å²) in [5, 5.41) is 2.75. The highest BCUT2D eigenvalue weighted by Crippen LogP contribution is 2.22. The van der Waals surface area contributed by atoms with Crippen molar-refractivity contribution in [3.05, 3.63) is 83.4 Å². The Morgan fingerprint density at radius 3 is 2.26 bits per heavy atom. The second-order valence-corrected chi connectivity index (χ2v) is 9.15. The van der Waals surface area contributed by atoms with E-state index in [2.05, 4.69) is 10.0 Å². The van der Waals surface area contributed by atoms with Crippen molar-refractivity contribution in [2.24, 2.45) is 0 Å². The summed E-state index contributed by atoms with van der Waals surface area (Å²) in [4.78, 5) is 12.6. The van der Waals surface area contributed by atoms with Gasteiger partial charge in [-0.1, -0.05) is 30.3 Å². The van der Waals surface area contributed by atoms with Crippen molar-refractivity contribution >= 4 is 27.3 Å². The van der Waals surface area contributed by atoms with Gasteiger partial charge in [-0.25, -0.2) is 8.42 Å². The molecule has 1 atom stereocenters. The Morgan fingerprint density at radius 2 is 1.58 bits per heavy atom. The van der Waals surface area contributed by atoms with E-state index < -0.39 is 16.1 Å². The largest absolute Gasteiger partial charge is 0.481 e. The number of anilines is 2. The number of rotatable bonds is 7. The summed E-state index contributed by atoms with van der Waals surface area (Å²) in [6, 6.07) is 19.0. The predicted molar refractivity (Wildman–Crippen MR) is 123 cm³/mol. The van der Waals surface area contributed by atoms with Gasteiger partial charge in [0.15, 0.2) is 6.10 Å². The number of amides is 1. The Morgan fingerprint density at radius 1 is 0.903 bits per heavy atom. The standard InChI is InChI=1S/C24H26N2O4S/c1-16-9-10-18(3)23(15-16)30-19(4)24(27)25-20-11-13-21(14-12-20)31(28,29)26-22-8-6-5-7-17(22)2/h5-15,19,26H,1-4H3,(H,25,27)/t19-/m1/s1. The van der Waals surface area contributed by atoms with Crippen LogP contribution in [0.2, 0.25) is 0 Å². The molecule has 6 nitrogen and oxygen atoms in total. The van der Waals surface area contributed by atoms with Crippen LogP contribution in [0.25, 0.3) is 0 Å². The van der Waals surface area contributed by atoms with Crippen molar-refractivity contribution < 1.29 is 17.9 Å². The normalized spacial score (nSPS) is 12.1. The minimum absolute atomic E-state index is 0.105. The molecule has 0 spiro atoms. The predicted octanol–water partition coefficient (Wildman–Crippen LogP) is 4.82. The van der Waals surface area contributed by atoms with Crippen LogP contribution in [-0.2, 0) is 14.8 Å². The highest BCUT2D eigenvalue weighted by molar-refractivity contribution is 7.92. The van der Waals surface area contributed by atoms with Crippen LogP contribution in [-0.4, -0.2) is 20.4 Å². The number of benzene rings is 3. The number of carbonyl (C=O) groups excluding carboxylic acids is 1. The van der Waals surface area contributed by atoms with E-state index in [1.807, 2.05) is 51.1 Å². The Labute approximate surface area is 183 Å². The van der Waals surface area contributed by atoms with Crippen LogP contribution in [0.4, 0.5) is 11.4 Å². The lowest BCUT2D eigenvalue weighted by atomic mass is 10.1. The van der Waals surface area contributed by atoms with E-state index in [1.165, 1.54) is 12.1 Å². The first-order chi connectivity index (χ1) is 14.7. The number of aryl methyl sites for hydroxylation is 3. The molecule has 0 aliphatic rings. The van der Waals surface area contributed by atoms with Crippen LogP contribution >= 0.6 is 0 Å². The molecule has 0 heterocycles. The number of hydrogen-bond acceptors (Lipinski definition) is 4. The molecule has 0 fully saturated rings. The molecule has 0 aliphatic carbocycles. The number of hydrogen-bond donors (Lipinski definition) is 2. The van der Waals surface area contributed by atoms with Gasteiger partial charge in [0.25, 0.3) is 15.9 Å². The number of ether oxygens (including phenoxy) is 1. The first-order valence-corrected chi connectivity index (χ1v) is 11.4. The molecule has 0 saturated carbocycles. The van der Waals surface area contributed by atoms with Gasteiger partial charge in [0.1, 0.15) is 5.75 Å². The van der Waals surface area contributed by atoms with Crippen molar-refractivity contribution in [1.29, 1.82) is 0 Å². The lowest BCUT2D eigenvalue weighted by Gasteiger charge is -2.17. The molecule has 0 radical (unpaired) electrons. The van der Waals surface area contributed by atoms with Gasteiger partial charge in [0.05, 0.1) is 10.6 Å². The number of para-hydroxylation sites is 1. The van der Waals surface area contributed by atoms with Crippen LogP contribution < -0.4 is 14.8 Å². The summed E-state index contributed by atoms with van der Waals surface area (Å²) in [5.74, 6) is 0.334. The third-order valence-corrected chi connectivity index (χ3v) is 6.22. The molecule has 3 aromatic rings. The Balaban J connectivity index is 1.66. The van der Waals surface area contributed by atoms with Gasteiger partial charge < -0.3 is 10.1 Å². The average molecular weight is 439 g/mol. The van der Waals surface area contributed by atoms with Crippen LogP contribution in [0.1, 0.15) is 23.6 Å². The summed E-state index contributed by atoms with van der Waals surface area (Å²) < 4.78 is 33.7. The molecule has 162 valence electrons. The van der Waals surface area contributed by atoms with E-state index in [0.717, 1.165) is 16.7 Å². The fourth-order valence-electron chi connectivity index (χ4n) is 2.93. The second-order valence-electron chi connectivity index (χ2n) is 7.46. The molecule has 0 unspecified atom stereocenters. The number of nitrogens with one attached hydrogen (secondary N) is 2. The zero-order chi connectivity index (χ0) is 22.6. The molecule has 3 rings (SSSR count). The lowest BCUT2D eigenvalue weighted by molar-refractivity contribution is -0.122. The highest BCUT2D eigenvalue weighted by Gasteiger charge is 2.18. The van der Waals surface area contributed by atoms with Crippen molar-refractivity contribution in [2.45, 2.75) is 38.7 Å². The summed E-state index contributed by atoms with van der Waals surface area (Å²) in [6.45, 7) is 7.38. The zero-order valence-electron chi connectivity index (χ0n) is 18.0. The molecule has 31 heavy (non-hydrogen) atoms. The quantitative estimate of drug-likeness (QED) is 0.554. The van der Waals surface area contributed by atoms with Crippen LogP contribution in [0, 0.1) is 20.8 Å². The SMILES string of the molecule is Cc1ccc(C)c(O[C@H](C)C(=O)Nc2ccc(S(=O)(=O)Nc3ccccc3C)cc2)c1. The molecule has 3 aromatic carbocycles. The third kappa shape index (κ3) is 5.64. The summed E-state index contributed by atoms with van der Waals surface area (Å²) in [6.07, 6.45) is -0.716. The van der Waals surface area contributed by atoms with Gasteiger partial charge in [-0.15, -0.1) is 0 Å². The minimum atomic E-state index is -3.73. The van der Waals surface area contributed by atoms with Crippen LogP contribution in [0.5, 0.6) is 5.75 Å². The summed E-state index contributed by atoms with van der Waals surface area (Å²) in [5.41, 5.74) is 3.83. The maximum atomic E-state index is 12.6. The maximum Gasteiger partial charge on any atom is 0.265 e. The van der Waals surface area contributed by atoms with Crippen molar-refractivity contribution in [1.82, 2.24) is 0 Å². The molecular weight excluding hydrogens is 412 g/mol. The van der Waals surface area contributed by atoms with Crippen molar-refractivity contribution in [3.8, 4) is 5.75 Å². The molecule has 0 aromatic heterocycles. The van der Waals surface area contributed by atoms with Crippen molar-refractivity contribution in [2.75, 3.05) is 10.0 Å². The fourth-order valence-corrected chi connectivity index (χ4v) is 4.06. The Kier molecular flexibility index (Phi) is 6.65. The van der Waals surface area contributed by atoms with Gasteiger partial charge in [0.2, 0.25) is 0 Å². The molecule has 1 amide bonds.